The van der Waals surface area contributed by atoms with Gasteiger partial charge in [0.2, 0.25) is 6.41 Å². The van der Waals surface area contributed by atoms with Crippen molar-refractivity contribution in [1.82, 2.24) is 25.3 Å². The van der Waals surface area contributed by atoms with Crippen LogP contribution in [0.15, 0.2) is 73.3 Å². The highest BCUT2D eigenvalue weighted by molar-refractivity contribution is 5.89. The third kappa shape index (κ3) is 9.30. The van der Waals surface area contributed by atoms with E-state index >= 15 is 0 Å². The summed E-state index contributed by atoms with van der Waals surface area (Å²) in [4.78, 5) is 26.7. The topological polar surface area (TPSA) is 119 Å². The van der Waals surface area contributed by atoms with Gasteiger partial charge in [0.25, 0.3) is 0 Å². The number of rotatable bonds is 7. The van der Waals surface area contributed by atoms with E-state index in [0.29, 0.717) is 12.2 Å². The largest absolute Gasteiger partial charge is 0.369 e. The number of hydrogen-bond acceptors (Lipinski definition) is 7. The number of carbonyl (C=O) groups is 1. The van der Waals surface area contributed by atoms with Gasteiger partial charge >= 0.3 is 0 Å². The van der Waals surface area contributed by atoms with E-state index < -0.39 is 0 Å². The Balaban J connectivity index is 0.000000644. The molecule has 0 radical (unpaired) electrons. The molecule has 0 aliphatic carbocycles. The molecule has 4 aromatic rings. The molecule has 0 saturated heterocycles. The average molecular weight is 462 g/mol. The van der Waals surface area contributed by atoms with Crippen molar-refractivity contribution < 1.29 is 4.79 Å². The van der Waals surface area contributed by atoms with Crippen molar-refractivity contribution in [3.05, 3.63) is 78.9 Å². The first-order valence-corrected chi connectivity index (χ1v) is 11.3. The van der Waals surface area contributed by atoms with Crippen LogP contribution in [-0.2, 0) is 11.2 Å². The summed E-state index contributed by atoms with van der Waals surface area (Å²) in [6, 6.07) is 16.3. The lowest BCUT2D eigenvalue weighted by Gasteiger charge is -2.11. The minimum absolute atomic E-state index is 0.625. The molecule has 4 N–H and O–H groups in total. The minimum atomic E-state index is 0.625. The molecule has 180 valence electrons. The quantitative estimate of drug-likeness (QED) is 0.280. The van der Waals surface area contributed by atoms with Gasteiger partial charge in [0.05, 0.1) is 11.7 Å². The van der Waals surface area contributed by atoms with Crippen LogP contribution < -0.4 is 16.4 Å². The normalized spacial score (nSPS) is 9.21. The second-order valence-corrected chi connectivity index (χ2v) is 6.45. The molecule has 0 aliphatic heterocycles. The van der Waals surface area contributed by atoms with Crippen LogP contribution in [0.1, 0.15) is 25.8 Å². The Morgan fingerprint density at radius 2 is 1.56 bits per heavy atom. The van der Waals surface area contributed by atoms with Crippen LogP contribution in [0.2, 0.25) is 0 Å². The molecule has 0 unspecified atom stereocenters. The number of anilines is 1. The summed E-state index contributed by atoms with van der Waals surface area (Å²) < 4.78 is 0. The maximum Gasteiger partial charge on any atom is 0.206 e. The van der Waals surface area contributed by atoms with Gasteiger partial charge in [0, 0.05) is 43.1 Å². The lowest BCUT2D eigenvalue weighted by Crippen LogP contribution is -2.07. The van der Waals surface area contributed by atoms with Crippen molar-refractivity contribution in [2.45, 2.75) is 26.7 Å². The van der Waals surface area contributed by atoms with Crippen LogP contribution in [0.25, 0.3) is 22.3 Å². The highest BCUT2D eigenvalue weighted by Gasteiger charge is 2.09. The molecule has 3 heterocycles. The number of hydrogen-bond donors (Lipinski definition) is 3. The Kier molecular flexibility index (Phi) is 14.6. The summed E-state index contributed by atoms with van der Waals surface area (Å²) in [7, 11) is 3.06. The van der Waals surface area contributed by atoms with E-state index in [9.17, 15) is 0 Å². The Morgan fingerprint density at radius 3 is 2.21 bits per heavy atom. The van der Waals surface area contributed by atoms with Crippen LogP contribution in [-0.4, -0.2) is 47.0 Å². The molecule has 0 spiro atoms. The van der Waals surface area contributed by atoms with Crippen molar-refractivity contribution in [3.8, 4) is 11.4 Å². The molecule has 1 amide bonds. The van der Waals surface area contributed by atoms with Crippen LogP contribution in [0.3, 0.4) is 0 Å². The van der Waals surface area contributed by atoms with Crippen molar-refractivity contribution in [1.29, 1.82) is 0 Å². The SMILES string of the molecule is CC.CN.CNC=O.c1ccc(CCCNc2nc(-c3ccncc3)nc3cnccc23)cc1. The highest BCUT2D eigenvalue weighted by atomic mass is 16.1. The molecule has 1 aromatic carbocycles. The van der Waals surface area contributed by atoms with E-state index in [0.717, 1.165) is 41.7 Å². The lowest BCUT2D eigenvalue weighted by molar-refractivity contribution is -0.109. The standard InChI is InChI=1S/C21H19N5.C2H5NO.C2H6.CH5N/c1-2-5-16(6-3-1)7-4-11-24-21-18-10-14-23-15-19(18)25-20(26-21)17-8-12-22-13-9-17;1-3-2-4;2*1-2/h1-3,5-6,8-10,12-15H,4,7,11H2,(H,24,25,26);2H,1H3,(H,3,4);1-2H3;2H2,1H3. The fraction of sp³-hybridized carbons (Fsp3) is 0.269. The van der Waals surface area contributed by atoms with E-state index in [1.807, 2.05) is 38.1 Å². The van der Waals surface area contributed by atoms with Crippen molar-refractivity contribution in [3.63, 3.8) is 0 Å². The predicted molar refractivity (Wildman–Crippen MR) is 140 cm³/mol. The predicted octanol–water partition coefficient (Wildman–Crippen LogP) is 4.09. The maximum absolute atomic E-state index is 9.06. The summed E-state index contributed by atoms with van der Waals surface area (Å²) in [6.45, 7) is 4.85. The average Bonchev–Trinajstić information content (AvgIpc) is 2.94. The van der Waals surface area contributed by atoms with E-state index in [-0.39, 0.29) is 0 Å². The molecular formula is C26H35N7O. The zero-order valence-corrected chi connectivity index (χ0v) is 20.4. The number of carbonyl (C=O) groups excluding carboxylic acids is 1. The van der Waals surface area contributed by atoms with Gasteiger partial charge in [-0.15, -0.1) is 0 Å². The Hall–Kier alpha value is -3.91. The molecule has 3 aromatic heterocycles. The third-order valence-electron chi connectivity index (χ3n) is 4.33. The van der Waals surface area contributed by atoms with Gasteiger partial charge in [-0.05, 0) is 43.7 Å². The number of pyridine rings is 2. The Morgan fingerprint density at radius 1 is 0.912 bits per heavy atom. The minimum Gasteiger partial charge on any atom is -0.369 e. The number of aryl methyl sites for hydroxylation is 1. The van der Waals surface area contributed by atoms with Crippen molar-refractivity contribution in [2.75, 3.05) is 26.0 Å². The fourth-order valence-corrected chi connectivity index (χ4v) is 2.89. The Labute approximate surface area is 202 Å². The van der Waals surface area contributed by atoms with Gasteiger partial charge in [-0.1, -0.05) is 44.2 Å². The summed E-state index contributed by atoms with van der Waals surface area (Å²) in [5.41, 5.74) is 7.63. The second kappa shape index (κ2) is 17.6. The van der Waals surface area contributed by atoms with E-state index in [1.54, 1.807) is 31.8 Å². The summed E-state index contributed by atoms with van der Waals surface area (Å²) in [6.07, 6.45) is 9.74. The number of nitrogens with one attached hydrogen (secondary N) is 2. The van der Waals surface area contributed by atoms with E-state index in [4.69, 9.17) is 9.78 Å². The lowest BCUT2D eigenvalue weighted by atomic mass is 10.1. The van der Waals surface area contributed by atoms with Gasteiger partial charge in [-0.2, -0.15) is 0 Å². The Bertz CT molecular complexity index is 1060. The summed E-state index contributed by atoms with van der Waals surface area (Å²) in [5, 5.41) is 6.71. The smallest absolute Gasteiger partial charge is 0.206 e. The molecule has 0 aliphatic rings. The number of nitrogens with zero attached hydrogens (tertiary/aromatic N) is 4. The molecule has 8 nitrogen and oxygen atoms in total. The first-order chi connectivity index (χ1) is 16.8. The molecular weight excluding hydrogens is 426 g/mol. The van der Waals surface area contributed by atoms with Gasteiger partial charge < -0.3 is 16.4 Å². The van der Waals surface area contributed by atoms with Gasteiger partial charge in [-0.25, -0.2) is 9.97 Å². The first-order valence-electron chi connectivity index (χ1n) is 11.3. The van der Waals surface area contributed by atoms with Crippen LogP contribution in [0.5, 0.6) is 0 Å². The number of aromatic nitrogens is 4. The van der Waals surface area contributed by atoms with Crippen LogP contribution >= 0.6 is 0 Å². The fourth-order valence-electron chi connectivity index (χ4n) is 2.89. The van der Waals surface area contributed by atoms with Gasteiger partial charge in [-0.3, -0.25) is 14.8 Å². The highest BCUT2D eigenvalue weighted by Crippen LogP contribution is 2.24. The van der Waals surface area contributed by atoms with Crippen LogP contribution in [0, 0.1) is 0 Å². The maximum atomic E-state index is 9.06. The molecule has 0 atom stereocenters. The molecule has 0 bridgehead atoms. The van der Waals surface area contributed by atoms with Gasteiger partial charge in [0.1, 0.15) is 5.82 Å². The zero-order chi connectivity index (χ0) is 25.0. The third-order valence-corrected chi connectivity index (χ3v) is 4.33. The molecule has 4 rings (SSSR count). The number of fused-ring (bicyclic) bond motifs is 1. The summed E-state index contributed by atoms with van der Waals surface area (Å²) in [5.74, 6) is 1.52. The molecule has 0 saturated carbocycles. The molecule has 8 heteroatoms. The summed E-state index contributed by atoms with van der Waals surface area (Å²) >= 11 is 0. The second-order valence-electron chi connectivity index (χ2n) is 6.45. The number of benzene rings is 1. The first kappa shape index (κ1) is 28.1. The van der Waals surface area contributed by atoms with E-state index in [2.05, 4.69) is 55.6 Å². The number of nitrogens with two attached hydrogens (primary N) is 1. The van der Waals surface area contributed by atoms with E-state index in [1.165, 1.54) is 12.6 Å². The monoisotopic (exact) mass is 461 g/mol. The van der Waals surface area contributed by atoms with Gasteiger partial charge in [0.15, 0.2) is 5.82 Å². The number of amides is 1. The van der Waals surface area contributed by atoms with Crippen molar-refractivity contribution >= 4 is 23.1 Å². The zero-order valence-electron chi connectivity index (χ0n) is 20.4. The molecule has 34 heavy (non-hydrogen) atoms. The van der Waals surface area contributed by atoms with Crippen molar-refractivity contribution in [2.24, 2.45) is 5.73 Å². The van der Waals surface area contributed by atoms with Crippen LogP contribution in [0.4, 0.5) is 5.82 Å². The molecule has 0 fully saturated rings.